The Kier molecular flexibility index (Phi) is 9.72. The summed E-state index contributed by atoms with van der Waals surface area (Å²) in [5.41, 5.74) is -5.72. The fourth-order valence-corrected chi connectivity index (χ4v) is 6.25. The van der Waals surface area contributed by atoms with Gasteiger partial charge in [-0.2, -0.15) is 18.4 Å². The Labute approximate surface area is 271 Å². The van der Waals surface area contributed by atoms with Crippen LogP contribution in [-0.4, -0.2) is 39.6 Å². The average molecular weight is 663 g/mol. The van der Waals surface area contributed by atoms with E-state index in [0.717, 1.165) is 17.0 Å². The number of alkyl halides is 3. The maximum Gasteiger partial charge on any atom is 0.417 e. The molecule has 2 aromatic carbocycles. The molecule has 0 unspecified atom stereocenters. The van der Waals surface area contributed by atoms with Gasteiger partial charge in [-0.15, -0.1) is 0 Å². The summed E-state index contributed by atoms with van der Waals surface area (Å²) < 4.78 is 61.8. The van der Waals surface area contributed by atoms with Crippen molar-refractivity contribution in [1.29, 1.82) is 5.26 Å². The van der Waals surface area contributed by atoms with Gasteiger partial charge >= 0.3 is 12.1 Å². The number of esters is 1. The van der Waals surface area contributed by atoms with Gasteiger partial charge in [0, 0.05) is 11.2 Å². The number of anilines is 2. The maximum absolute atomic E-state index is 15.5. The number of thiocarbonyl (C=S) groups is 1. The standard InChI is InChI=1S/C33H38F4N4O4S/c1-29(2,3)45-25(42)16-30(4,5)18-31(6,7)39-26(43)22-13-12-21(15-24(22)34)41-28(46)40(27(44)32(41,8)9)20-11-10-19(17-38)23(14-20)33(35,36)37/h10-15H,16,18H2,1-9H3,(H,39,43). The molecule has 46 heavy (non-hydrogen) atoms. The SMILES string of the molecule is CC(C)(CC(=O)OC(C)(C)C)CC(C)(C)NC(=O)c1ccc(N2C(=S)N(c3ccc(C#N)c(C(F)(F)F)c3)C(=O)C2(C)C)cc1F. The van der Waals surface area contributed by atoms with E-state index in [4.69, 9.17) is 22.2 Å². The number of carbonyl (C=O) groups excluding carboxylic acids is 3. The maximum atomic E-state index is 15.5. The summed E-state index contributed by atoms with van der Waals surface area (Å²) in [6, 6.07) is 7.96. The molecule has 248 valence electrons. The van der Waals surface area contributed by atoms with Crippen LogP contribution in [0.15, 0.2) is 36.4 Å². The highest BCUT2D eigenvalue weighted by molar-refractivity contribution is 7.81. The van der Waals surface area contributed by atoms with Crippen LogP contribution < -0.4 is 15.1 Å². The lowest BCUT2D eigenvalue weighted by molar-refractivity contribution is -0.157. The van der Waals surface area contributed by atoms with Gasteiger partial charge in [-0.3, -0.25) is 19.3 Å². The quantitative estimate of drug-likeness (QED) is 0.180. The summed E-state index contributed by atoms with van der Waals surface area (Å²) in [4.78, 5) is 41.3. The van der Waals surface area contributed by atoms with Crippen molar-refractivity contribution in [2.75, 3.05) is 9.80 Å². The van der Waals surface area contributed by atoms with Crippen molar-refractivity contribution in [3.8, 4) is 6.07 Å². The number of nitriles is 1. The van der Waals surface area contributed by atoms with Gasteiger partial charge in [-0.25, -0.2) is 4.39 Å². The molecule has 2 aromatic rings. The van der Waals surface area contributed by atoms with Gasteiger partial charge in [0.05, 0.1) is 34.9 Å². The molecule has 0 saturated carbocycles. The lowest BCUT2D eigenvalue weighted by Crippen LogP contribution is -2.47. The van der Waals surface area contributed by atoms with Crippen molar-refractivity contribution in [2.45, 2.75) is 98.0 Å². The van der Waals surface area contributed by atoms with Crippen LogP contribution in [0.25, 0.3) is 0 Å². The second-order valence-electron chi connectivity index (χ2n) is 14.3. The lowest BCUT2D eigenvalue weighted by atomic mass is 9.77. The van der Waals surface area contributed by atoms with Gasteiger partial charge < -0.3 is 15.0 Å². The van der Waals surface area contributed by atoms with Gasteiger partial charge in [0.15, 0.2) is 5.11 Å². The molecule has 1 fully saturated rings. The summed E-state index contributed by atoms with van der Waals surface area (Å²) in [5, 5.41) is 11.7. The molecule has 13 heteroatoms. The molecule has 0 atom stereocenters. The molecule has 0 radical (unpaired) electrons. The van der Waals surface area contributed by atoms with Crippen LogP contribution in [0.2, 0.25) is 0 Å². The number of halogens is 4. The molecule has 1 N–H and O–H groups in total. The molecule has 0 bridgehead atoms. The summed E-state index contributed by atoms with van der Waals surface area (Å²) in [6.07, 6.45) is -4.39. The largest absolute Gasteiger partial charge is 0.460 e. The van der Waals surface area contributed by atoms with Crippen LogP contribution in [0, 0.1) is 22.6 Å². The van der Waals surface area contributed by atoms with Crippen molar-refractivity contribution in [3.63, 3.8) is 0 Å². The van der Waals surface area contributed by atoms with Gasteiger partial charge in [0.25, 0.3) is 11.8 Å². The molecule has 3 rings (SSSR count). The third-order valence-corrected chi connectivity index (χ3v) is 7.59. The van der Waals surface area contributed by atoms with Gasteiger partial charge in [-0.05, 0) is 109 Å². The molecule has 0 aromatic heterocycles. The van der Waals surface area contributed by atoms with E-state index in [1.165, 1.54) is 43.0 Å². The third kappa shape index (κ3) is 8.02. The number of ether oxygens (including phenoxy) is 1. The first-order chi connectivity index (χ1) is 20.8. The minimum Gasteiger partial charge on any atom is -0.460 e. The highest BCUT2D eigenvalue weighted by Crippen LogP contribution is 2.40. The number of nitrogens with one attached hydrogen (secondary N) is 1. The molecule has 1 heterocycles. The highest BCUT2D eigenvalue weighted by atomic mass is 32.1. The second kappa shape index (κ2) is 12.3. The molecular formula is C33H38F4N4O4S. The van der Waals surface area contributed by atoms with E-state index in [2.05, 4.69) is 5.32 Å². The van der Waals surface area contributed by atoms with Crippen molar-refractivity contribution in [2.24, 2.45) is 5.41 Å². The van der Waals surface area contributed by atoms with Crippen molar-refractivity contribution in [1.82, 2.24) is 5.32 Å². The zero-order valence-corrected chi connectivity index (χ0v) is 28.1. The Balaban J connectivity index is 1.85. The molecule has 1 aliphatic heterocycles. The number of hydrogen-bond donors (Lipinski definition) is 1. The third-order valence-electron chi connectivity index (χ3n) is 7.23. The number of hydrogen-bond acceptors (Lipinski definition) is 6. The zero-order valence-electron chi connectivity index (χ0n) is 27.3. The summed E-state index contributed by atoms with van der Waals surface area (Å²) in [5.74, 6) is -2.67. The summed E-state index contributed by atoms with van der Waals surface area (Å²) in [7, 11) is 0. The molecule has 1 aliphatic rings. The minimum absolute atomic E-state index is 0.0994. The molecule has 8 nitrogen and oxygen atoms in total. The monoisotopic (exact) mass is 662 g/mol. The average Bonchev–Trinajstić information content (AvgIpc) is 3.03. The zero-order chi connectivity index (χ0) is 35.2. The smallest absolute Gasteiger partial charge is 0.417 e. The van der Waals surface area contributed by atoms with Crippen molar-refractivity contribution in [3.05, 3.63) is 58.9 Å². The van der Waals surface area contributed by atoms with Crippen LogP contribution in [0.1, 0.15) is 96.6 Å². The molecule has 2 amide bonds. The second-order valence-corrected chi connectivity index (χ2v) is 14.6. The predicted octanol–water partition coefficient (Wildman–Crippen LogP) is 7.29. The first-order valence-electron chi connectivity index (χ1n) is 14.4. The molecule has 0 aliphatic carbocycles. The van der Waals surface area contributed by atoms with Crippen LogP contribution in [-0.2, 0) is 20.5 Å². The van der Waals surface area contributed by atoms with Crippen LogP contribution in [0.5, 0.6) is 0 Å². The Bertz CT molecular complexity index is 1620. The number of benzene rings is 2. The van der Waals surface area contributed by atoms with E-state index >= 15 is 4.39 Å². The minimum atomic E-state index is -4.86. The number of carbonyl (C=O) groups is 3. The van der Waals surface area contributed by atoms with E-state index in [9.17, 15) is 27.6 Å². The summed E-state index contributed by atoms with van der Waals surface area (Å²) in [6.45, 7) is 15.5. The van der Waals surface area contributed by atoms with Crippen molar-refractivity contribution < 1.29 is 36.7 Å². The lowest BCUT2D eigenvalue weighted by Gasteiger charge is -2.35. The van der Waals surface area contributed by atoms with Gasteiger partial charge in [0.2, 0.25) is 0 Å². The molecular weight excluding hydrogens is 624 g/mol. The van der Waals surface area contributed by atoms with E-state index in [0.29, 0.717) is 12.5 Å². The van der Waals surface area contributed by atoms with E-state index in [1.54, 1.807) is 34.6 Å². The highest BCUT2D eigenvalue weighted by Gasteiger charge is 2.51. The first-order valence-corrected chi connectivity index (χ1v) is 14.8. The van der Waals surface area contributed by atoms with Crippen LogP contribution in [0.4, 0.5) is 28.9 Å². The van der Waals surface area contributed by atoms with Gasteiger partial charge in [-0.1, -0.05) is 13.8 Å². The number of nitrogens with zero attached hydrogens (tertiary/aromatic N) is 3. The first kappa shape index (κ1) is 36.4. The topological polar surface area (TPSA) is 103 Å². The Hall–Kier alpha value is -4.05. The van der Waals surface area contributed by atoms with E-state index in [1.807, 2.05) is 13.8 Å². The molecule has 0 spiro atoms. The predicted molar refractivity (Wildman–Crippen MR) is 170 cm³/mol. The van der Waals surface area contributed by atoms with E-state index in [-0.39, 0.29) is 34.4 Å². The Morgan fingerprint density at radius 3 is 2.11 bits per heavy atom. The number of amides is 2. The Morgan fingerprint density at radius 1 is 1.00 bits per heavy atom. The van der Waals surface area contributed by atoms with Crippen molar-refractivity contribution >= 4 is 46.5 Å². The van der Waals surface area contributed by atoms with Gasteiger partial charge in [0.1, 0.15) is 17.0 Å². The normalized spacial score (nSPS) is 15.6. The fraction of sp³-hybridized carbons (Fsp3) is 0.485. The Morgan fingerprint density at radius 2 is 1.59 bits per heavy atom. The number of rotatable bonds is 8. The molecule has 1 saturated heterocycles. The van der Waals surface area contributed by atoms with Crippen LogP contribution >= 0.6 is 12.2 Å². The summed E-state index contributed by atoms with van der Waals surface area (Å²) >= 11 is 5.51. The van der Waals surface area contributed by atoms with E-state index < -0.39 is 57.0 Å². The fourth-order valence-electron chi connectivity index (χ4n) is 5.73. The van der Waals surface area contributed by atoms with Crippen LogP contribution in [0.3, 0.4) is 0 Å².